The first-order valence-corrected chi connectivity index (χ1v) is 11.9. The van der Waals surface area contributed by atoms with Crippen LogP contribution in [0.2, 0.25) is 5.02 Å². The van der Waals surface area contributed by atoms with Gasteiger partial charge in [0, 0.05) is 24.5 Å². The fourth-order valence-electron chi connectivity index (χ4n) is 8.00. The maximum absolute atomic E-state index is 12.3. The van der Waals surface area contributed by atoms with Gasteiger partial charge in [-0.2, -0.15) is 0 Å². The summed E-state index contributed by atoms with van der Waals surface area (Å²) in [5, 5.41) is 0.809. The largest absolute Gasteiger partial charge is 0.342 e. The summed E-state index contributed by atoms with van der Waals surface area (Å²) in [6.07, 6.45) is 12.0. The van der Waals surface area contributed by atoms with Gasteiger partial charge in [0.05, 0.1) is 0 Å². The van der Waals surface area contributed by atoms with Gasteiger partial charge in [-0.25, -0.2) is 0 Å². The molecule has 1 amide bonds. The molecule has 4 aliphatic rings. The number of allylic oxidation sites excluding steroid dienone is 1. The molecule has 4 fully saturated rings. The van der Waals surface area contributed by atoms with Gasteiger partial charge in [-0.05, 0) is 91.2 Å². The number of halogens is 1. The number of amides is 1. The van der Waals surface area contributed by atoms with Crippen LogP contribution >= 0.6 is 11.6 Å². The molecule has 2 nitrogen and oxygen atoms in total. The normalized spacial score (nSPS) is 43.1. The molecule has 6 atom stereocenters. The lowest BCUT2D eigenvalue weighted by Gasteiger charge is -2.61. The summed E-state index contributed by atoms with van der Waals surface area (Å²) in [7, 11) is 2.06. The smallest absolute Gasteiger partial charge is 0.222 e. The summed E-state index contributed by atoms with van der Waals surface area (Å²) in [6.45, 7) is 5.06. The highest BCUT2D eigenvalue weighted by Gasteiger charge is 2.59. The first-order chi connectivity index (χ1) is 13.8. The minimum absolute atomic E-state index is 0.315. The lowest BCUT2D eigenvalue weighted by molar-refractivity contribution is -0.156. The third-order valence-electron chi connectivity index (χ3n) is 9.62. The fraction of sp³-hybridized carbons (Fsp3) is 0.654. The summed E-state index contributed by atoms with van der Waals surface area (Å²) in [5.41, 5.74) is 3.61. The summed E-state index contributed by atoms with van der Waals surface area (Å²) < 4.78 is 0. The maximum Gasteiger partial charge on any atom is 0.222 e. The predicted molar refractivity (Wildman–Crippen MR) is 120 cm³/mol. The van der Waals surface area contributed by atoms with E-state index in [1.54, 1.807) is 5.57 Å². The van der Waals surface area contributed by atoms with E-state index in [1.165, 1.54) is 44.1 Å². The van der Waals surface area contributed by atoms with Crippen molar-refractivity contribution in [1.82, 2.24) is 4.90 Å². The lowest BCUT2D eigenvalue weighted by Crippen LogP contribution is -2.61. The van der Waals surface area contributed by atoms with Crippen molar-refractivity contribution in [3.05, 3.63) is 40.4 Å². The Morgan fingerprint density at radius 3 is 2.52 bits per heavy atom. The second kappa shape index (κ2) is 6.87. The number of benzene rings is 1. The van der Waals surface area contributed by atoms with Crippen molar-refractivity contribution in [2.45, 2.75) is 71.3 Å². The molecule has 0 bridgehead atoms. The average Bonchev–Trinajstić information content (AvgIpc) is 3.03. The standard InChI is InChI=1S/C26H34ClNO/c1-25-14-12-22-20(9-11-23-26(22,2)15-13-24(29)28(23)3)21(25)10-6-18(25)16-17-4-7-19(27)8-5-17/h4-5,7-8,16,20-23H,6,9-15H2,1-3H3/b18-16+. The van der Waals surface area contributed by atoms with Crippen LogP contribution in [0.3, 0.4) is 0 Å². The molecule has 5 rings (SSSR count). The van der Waals surface area contributed by atoms with Crippen molar-refractivity contribution >= 4 is 23.6 Å². The number of rotatable bonds is 1. The van der Waals surface area contributed by atoms with Crippen molar-refractivity contribution in [2.75, 3.05) is 7.05 Å². The monoisotopic (exact) mass is 411 g/mol. The number of fused-ring (bicyclic) bond motifs is 5. The quantitative estimate of drug-likeness (QED) is 0.510. The minimum atomic E-state index is 0.315. The number of hydrogen-bond acceptors (Lipinski definition) is 1. The highest BCUT2D eigenvalue weighted by molar-refractivity contribution is 6.30. The Kier molecular flexibility index (Phi) is 4.66. The van der Waals surface area contributed by atoms with Crippen molar-refractivity contribution in [3.63, 3.8) is 0 Å². The van der Waals surface area contributed by atoms with Crippen molar-refractivity contribution < 1.29 is 4.79 Å². The van der Waals surface area contributed by atoms with Gasteiger partial charge in [0.15, 0.2) is 0 Å². The van der Waals surface area contributed by atoms with E-state index in [0.29, 0.717) is 22.8 Å². The molecule has 1 saturated heterocycles. The van der Waals surface area contributed by atoms with Gasteiger partial charge in [0.1, 0.15) is 0 Å². The van der Waals surface area contributed by atoms with E-state index in [-0.39, 0.29) is 0 Å². The van der Waals surface area contributed by atoms with E-state index in [0.717, 1.165) is 35.6 Å². The zero-order valence-corrected chi connectivity index (χ0v) is 18.8. The van der Waals surface area contributed by atoms with Gasteiger partial charge in [-0.3, -0.25) is 4.79 Å². The molecule has 1 aliphatic heterocycles. The summed E-state index contributed by atoms with van der Waals surface area (Å²) in [4.78, 5) is 14.4. The molecule has 0 radical (unpaired) electrons. The Balaban J connectivity index is 1.43. The van der Waals surface area contributed by atoms with Crippen LogP contribution in [-0.2, 0) is 4.79 Å². The van der Waals surface area contributed by atoms with Gasteiger partial charge in [-0.1, -0.05) is 49.2 Å². The van der Waals surface area contributed by atoms with Gasteiger partial charge in [0.25, 0.3) is 0 Å². The van der Waals surface area contributed by atoms with E-state index < -0.39 is 0 Å². The van der Waals surface area contributed by atoms with Gasteiger partial charge < -0.3 is 4.90 Å². The van der Waals surface area contributed by atoms with E-state index in [4.69, 9.17) is 11.6 Å². The molecule has 3 aliphatic carbocycles. The Labute approximate surface area is 180 Å². The van der Waals surface area contributed by atoms with Crippen LogP contribution in [0.15, 0.2) is 29.8 Å². The van der Waals surface area contributed by atoms with Crippen LogP contribution in [-0.4, -0.2) is 23.9 Å². The minimum Gasteiger partial charge on any atom is -0.342 e. The molecule has 0 spiro atoms. The molecular weight excluding hydrogens is 378 g/mol. The summed E-state index contributed by atoms with van der Waals surface area (Å²) >= 11 is 6.09. The molecule has 29 heavy (non-hydrogen) atoms. The van der Waals surface area contributed by atoms with Crippen LogP contribution in [0.4, 0.5) is 0 Å². The van der Waals surface area contributed by atoms with Crippen LogP contribution in [0.1, 0.15) is 70.8 Å². The maximum atomic E-state index is 12.3. The lowest BCUT2D eigenvalue weighted by atomic mass is 9.47. The van der Waals surface area contributed by atoms with Gasteiger partial charge in [0.2, 0.25) is 5.91 Å². The van der Waals surface area contributed by atoms with E-state index in [9.17, 15) is 4.79 Å². The molecule has 3 saturated carbocycles. The Morgan fingerprint density at radius 1 is 1.00 bits per heavy atom. The molecule has 1 heterocycles. The number of likely N-dealkylation sites (tertiary alicyclic amines) is 1. The van der Waals surface area contributed by atoms with E-state index >= 15 is 0 Å². The third kappa shape index (κ3) is 2.92. The zero-order chi connectivity index (χ0) is 20.4. The van der Waals surface area contributed by atoms with Gasteiger partial charge >= 0.3 is 0 Å². The van der Waals surface area contributed by atoms with Gasteiger partial charge in [-0.15, -0.1) is 0 Å². The third-order valence-corrected chi connectivity index (χ3v) is 9.87. The number of piperidine rings is 1. The number of carbonyl (C=O) groups is 1. The van der Waals surface area contributed by atoms with Crippen LogP contribution in [0, 0.1) is 28.6 Å². The molecule has 156 valence electrons. The molecule has 6 unspecified atom stereocenters. The van der Waals surface area contributed by atoms with Crippen LogP contribution in [0.5, 0.6) is 0 Å². The number of nitrogens with zero attached hydrogens (tertiary/aromatic N) is 1. The molecule has 0 N–H and O–H groups in total. The Morgan fingerprint density at radius 2 is 1.76 bits per heavy atom. The molecule has 1 aromatic carbocycles. The van der Waals surface area contributed by atoms with Crippen molar-refractivity contribution in [3.8, 4) is 0 Å². The first-order valence-electron chi connectivity index (χ1n) is 11.6. The topological polar surface area (TPSA) is 20.3 Å². The zero-order valence-electron chi connectivity index (χ0n) is 18.1. The molecule has 3 heteroatoms. The summed E-state index contributed by atoms with van der Waals surface area (Å²) in [5.74, 6) is 2.78. The Bertz CT molecular complexity index is 845. The number of carbonyl (C=O) groups excluding carboxylic acids is 1. The molecule has 1 aromatic rings. The van der Waals surface area contributed by atoms with Crippen LogP contribution < -0.4 is 0 Å². The molecule has 0 aromatic heterocycles. The van der Waals surface area contributed by atoms with E-state index in [1.807, 2.05) is 12.1 Å². The second-order valence-electron chi connectivity index (χ2n) is 10.7. The average molecular weight is 412 g/mol. The first kappa shape index (κ1) is 19.7. The highest BCUT2D eigenvalue weighted by atomic mass is 35.5. The SMILES string of the molecule is CN1C(=O)CCC2(C)C3CCC4(C)/C(=C/c5ccc(Cl)cc5)CCC4C3CCC12. The van der Waals surface area contributed by atoms with E-state index in [2.05, 4.69) is 44.0 Å². The van der Waals surface area contributed by atoms with Crippen molar-refractivity contribution in [2.24, 2.45) is 28.6 Å². The van der Waals surface area contributed by atoms with Crippen LogP contribution in [0.25, 0.3) is 6.08 Å². The highest BCUT2D eigenvalue weighted by Crippen LogP contribution is 2.66. The predicted octanol–water partition coefficient (Wildman–Crippen LogP) is 6.59. The Hall–Kier alpha value is -1.28. The second-order valence-corrected chi connectivity index (χ2v) is 11.1. The molecular formula is C26H34ClNO. The number of hydrogen-bond donors (Lipinski definition) is 0. The summed E-state index contributed by atoms with van der Waals surface area (Å²) in [6, 6.07) is 8.77. The fourth-order valence-corrected chi connectivity index (χ4v) is 8.12. The van der Waals surface area contributed by atoms with Crippen molar-refractivity contribution in [1.29, 1.82) is 0 Å².